The van der Waals surface area contributed by atoms with Crippen LogP contribution in [0.1, 0.15) is 45.7 Å². The van der Waals surface area contributed by atoms with E-state index in [1.54, 1.807) is 12.1 Å². The predicted octanol–water partition coefficient (Wildman–Crippen LogP) is 2.62. The zero-order valence-corrected chi connectivity index (χ0v) is 10.7. The van der Waals surface area contributed by atoms with Crippen molar-refractivity contribution in [2.45, 2.75) is 45.6 Å². The van der Waals surface area contributed by atoms with Crippen LogP contribution in [0.3, 0.4) is 0 Å². The van der Waals surface area contributed by atoms with E-state index in [4.69, 9.17) is 9.84 Å². The Morgan fingerprint density at radius 1 is 1.47 bits per heavy atom. The molecule has 94 valence electrons. The number of aromatic nitrogens is 1. The first kappa shape index (κ1) is 13.5. The average Bonchev–Trinajstić information content (AvgIpc) is 2.15. The van der Waals surface area contributed by atoms with Crippen molar-refractivity contribution < 1.29 is 14.6 Å². The van der Waals surface area contributed by atoms with Crippen LogP contribution in [0, 0.1) is 0 Å². The highest BCUT2D eigenvalue weighted by atomic mass is 16.6. The van der Waals surface area contributed by atoms with Crippen LogP contribution in [-0.4, -0.2) is 21.7 Å². The van der Waals surface area contributed by atoms with Crippen molar-refractivity contribution in [2.75, 3.05) is 0 Å². The summed E-state index contributed by atoms with van der Waals surface area (Å²) in [5, 5.41) is 9.12. The molecule has 0 aromatic carbocycles. The minimum atomic E-state index is -0.459. The third-order valence-electron chi connectivity index (χ3n) is 2.17. The normalized spacial score (nSPS) is 13.2. The van der Waals surface area contributed by atoms with Crippen molar-refractivity contribution in [1.29, 1.82) is 0 Å². The number of aromatic hydroxyl groups is 1. The summed E-state index contributed by atoms with van der Waals surface area (Å²) in [6, 6.07) is 3.28. The number of hydrogen-bond acceptors (Lipinski definition) is 4. The molecule has 0 saturated heterocycles. The summed E-state index contributed by atoms with van der Waals surface area (Å²) < 4.78 is 5.24. The standard InChI is InChI=1S/C13H19NO3/c1-9(7-12(16)17-13(2,3)4)11-6-5-10(15)8-14-11/h5-6,8-9,15H,7H2,1-4H3/t9-/m1/s1. The number of nitrogens with zero attached hydrogens (tertiary/aromatic N) is 1. The molecule has 0 saturated carbocycles. The number of ether oxygens (including phenoxy) is 1. The summed E-state index contributed by atoms with van der Waals surface area (Å²) in [6.45, 7) is 7.43. The van der Waals surface area contributed by atoms with E-state index in [1.165, 1.54) is 6.20 Å². The molecule has 0 aliphatic heterocycles. The lowest BCUT2D eigenvalue weighted by Crippen LogP contribution is -2.24. The van der Waals surface area contributed by atoms with E-state index in [0.29, 0.717) is 0 Å². The van der Waals surface area contributed by atoms with Crippen LogP contribution >= 0.6 is 0 Å². The zero-order valence-electron chi connectivity index (χ0n) is 10.7. The molecule has 1 heterocycles. The summed E-state index contributed by atoms with van der Waals surface area (Å²) in [4.78, 5) is 15.7. The molecule has 1 aromatic rings. The molecule has 0 unspecified atom stereocenters. The van der Waals surface area contributed by atoms with E-state index in [9.17, 15) is 4.79 Å². The Labute approximate surface area is 102 Å². The fraction of sp³-hybridized carbons (Fsp3) is 0.538. The van der Waals surface area contributed by atoms with Crippen molar-refractivity contribution in [1.82, 2.24) is 4.98 Å². The largest absolute Gasteiger partial charge is 0.506 e. The van der Waals surface area contributed by atoms with Crippen molar-refractivity contribution in [3.05, 3.63) is 24.0 Å². The molecule has 1 N–H and O–H groups in total. The maximum Gasteiger partial charge on any atom is 0.306 e. The average molecular weight is 237 g/mol. The Morgan fingerprint density at radius 3 is 2.59 bits per heavy atom. The maximum absolute atomic E-state index is 11.6. The first-order chi connectivity index (χ1) is 7.78. The first-order valence-electron chi connectivity index (χ1n) is 5.64. The second kappa shape index (κ2) is 5.17. The SMILES string of the molecule is C[C@H](CC(=O)OC(C)(C)C)c1ccc(O)cn1. The lowest BCUT2D eigenvalue weighted by Gasteiger charge is -2.20. The highest BCUT2D eigenvalue weighted by Gasteiger charge is 2.19. The van der Waals surface area contributed by atoms with Crippen LogP contribution in [0.25, 0.3) is 0 Å². The number of carbonyl (C=O) groups excluding carboxylic acids is 1. The van der Waals surface area contributed by atoms with Crippen molar-refractivity contribution in [2.24, 2.45) is 0 Å². The molecule has 0 fully saturated rings. The van der Waals surface area contributed by atoms with Gasteiger partial charge in [0.05, 0.1) is 12.6 Å². The van der Waals surface area contributed by atoms with Gasteiger partial charge < -0.3 is 9.84 Å². The molecular weight excluding hydrogens is 218 g/mol. The number of carbonyl (C=O) groups is 1. The van der Waals surface area contributed by atoms with Crippen molar-refractivity contribution in [3.63, 3.8) is 0 Å². The minimum absolute atomic E-state index is 0.0227. The second-order valence-corrected chi connectivity index (χ2v) is 5.13. The van der Waals surface area contributed by atoms with Crippen molar-refractivity contribution >= 4 is 5.97 Å². The molecule has 0 radical (unpaired) electrons. The van der Waals surface area contributed by atoms with Crippen LogP contribution in [0.5, 0.6) is 5.75 Å². The molecule has 0 aliphatic rings. The molecule has 4 heteroatoms. The van der Waals surface area contributed by atoms with Gasteiger partial charge in [-0.25, -0.2) is 0 Å². The van der Waals surface area contributed by atoms with Crippen molar-refractivity contribution in [3.8, 4) is 5.75 Å². The summed E-state index contributed by atoms with van der Waals surface area (Å²) in [7, 11) is 0. The van der Waals surface area contributed by atoms with Gasteiger partial charge in [0, 0.05) is 11.6 Å². The molecule has 0 spiro atoms. The van der Waals surface area contributed by atoms with Gasteiger partial charge in [0.2, 0.25) is 0 Å². The van der Waals surface area contributed by atoms with Crippen LogP contribution in [0.4, 0.5) is 0 Å². The maximum atomic E-state index is 11.6. The van der Waals surface area contributed by atoms with Gasteiger partial charge in [-0.3, -0.25) is 9.78 Å². The number of rotatable bonds is 3. The van der Waals surface area contributed by atoms with E-state index in [0.717, 1.165) is 5.69 Å². The van der Waals surface area contributed by atoms with Gasteiger partial charge in [0.25, 0.3) is 0 Å². The molecular formula is C13H19NO3. The third-order valence-corrected chi connectivity index (χ3v) is 2.17. The zero-order chi connectivity index (χ0) is 13.1. The third kappa shape index (κ3) is 4.85. The Kier molecular flexibility index (Phi) is 4.10. The minimum Gasteiger partial charge on any atom is -0.506 e. The number of pyridine rings is 1. The van der Waals surface area contributed by atoms with Gasteiger partial charge in [-0.15, -0.1) is 0 Å². The molecule has 1 atom stereocenters. The predicted molar refractivity (Wildman–Crippen MR) is 64.8 cm³/mol. The van der Waals surface area contributed by atoms with E-state index < -0.39 is 5.60 Å². The van der Waals surface area contributed by atoms with Gasteiger partial charge >= 0.3 is 5.97 Å². The van der Waals surface area contributed by atoms with Crippen LogP contribution < -0.4 is 0 Å². The summed E-state index contributed by atoms with van der Waals surface area (Å²) in [6.07, 6.45) is 1.66. The summed E-state index contributed by atoms with van der Waals surface area (Å²) in [5.41, 5.74) is 0.313. The van der Waals surface area contributed by atoms with Crippen LogP contribution in [-0.2, 0) is 9.53 Å². The fourth-order valence-corrected chi connectivity index (χ4v) is 1.43. The molecule has 0 bridgehead atoms. The van der Waals surface area contributed by atoms with E-state index in [-0.39, 0.29) is 24.1 Å². The van der Waals surface area contributed by atoms with Crippen LogP contribution in [0.15, 0.2) is 18.3 Å². The van der Waals surface area contributed by atoms with E-state index >= 15 is 0 Å². The number of hydrogen-bond donors (Lipinski definition) is 1. The molecule has 1 aromatic heterocycles. The lowest BCUT2D eigenvalue weighted by molar-refractivity contribution is -0.155. The lowest BCUT2D eigenvalue weighted by atomic mass is 10.0. The topological polar surface area (TPSA) is 59.4 Å². The summed E-state index contributed by atoms with van der Waals surface area (Å²) in [5.74, 6) is -0.136. The van der Waals surface area contributed by atoms with Gasteiger partial charge in [-0.1, -0.05) is 6.92 Å². The van der Waals surface area contributed by atoms with Gasteiger partial charge in [-0.2, -0.15) is 0 Å². The molecule has 4 nitrogen and oxygen atoms in total. The van der Waals surface area contributed by atoms with Crippen LogP contribution in [0.2, 0.25) is 0 Å². The molecule has 17 heavy (non-hydrogen) atoms. The van der Waals surface area contributed by atoms with Gasteiger partial charge in [-0.05, 0) is 32.9 Å². The first-order valence-corrected chi connectivity index (χ1v) is 5.64. The quantitative estimate of drug-likeness (QED) is 0.821. The Hall–Kier alpha value is -1.58. The highest BCUT2D eigenvalue weighted by Crippen LogP contribution is 2.20. The monoisotopic (exact) mass is 237 g/mol. The van der Waals surface area contributed by atoms with E-state index in [1.807, 2.05) is 27.7 Å². The smallest absolute Gasteiger partial charge is 0.306 e. The summed E-state index contributed by atoms with van der Waals surface area (Å²) >= 11 is 0. The molecule has 1 rings (SSSR count). The Morgan fingerprint density at radius 2 is 2.12 bits per heavy atom. The number of esters is 1. The molecule has 0 amide bonds. The van der Waals surface area contributed by atoms with Gasteiger partial charge in [0.1, 0.15) is 11.4 Å². The Bertz CT molecular complexity index is 379. The fourth-order valence-electron chi connectivity index (χ4n) is 1.43. The Balaban J connectivity index is 2.57. The van der Waals surface area contributed by atoms with Gasteiger partial charge in [0.15, 0.2) is 0 Å². The highest BCUT2D eigenvalue weighted by molar-refractivity contribution is 5.70. The second-order valence-electron chi connectivity index (χ2n) is 5.13. The molecule has 0 aliphatic carbocycles. The van der Waals surface area contributed by atoms with E-state index in [2.05, 4.69) is 4.98 Å².